The van der Waals surface area contributed by atoms with Gasteiger partial charge in [0, 0.05) is 18.5 Å². The highest BCUT2D eigenvalue weighted by atomic mass is 32.1. The molecule has 1 rings (SSSR count). The van der Waals surface area contributed by atoms with Gasteiger partial charge in [-0.25, -0.2) is 4.98 Å². The highest BCUT2D eigenvalue weighted by Gasteiger charge is 2.07. The summed E-state index contributed by atoms with van der Waals surface area (Å²) >= 11 is 1.66. The first-order valence-electron chi connectivity index (χ1n) is 6.16. The van der Waals surface area contributed by atoms with E-state index in [0.29, 0.717) is 6.54 Å². The molecule has 4 nitrogen and oxygen atoms in total. The predicted octanol–water partition coefficient (Wildman–Crippen LogP) is 1.38. The van der Waals surface area contributed by atoms with Gasteiger partial charge in [-0.05, 0) is 40.2 Å². The molecule has 17 heavy (non-hydrogen) atoms. The molecule has 0 bridgehead atoms. The molecule has 1 aromatic rings. The third kappa shape index (κ3) is 5.59. The van der Waals surface area contributed by atoms with Crippen molar-refractivity contribution in [1.29, 1.82) is 0 Å². The molecule has 0 spiro atoms. The van der Waals surface area contributed by atoms with Crippen LogP contribution >= 0.6 is 11.3 Å². The predicted molar refractivity (Wildman–Crippen MR) is 74.1 cm³/mol. The Hall–Kier alpha value is -0.490. The quantitative estimate of drug-likeness (QED) is 0.763. The van der Waals surface area contributed by atoms with Gasteiger partial charge in [0.05, 0.1) is 5.69 Å². The van der Waals surface area contributed by atoms with Gasteiger partial charge in [0.25, 0.3) is 0 Å². The molecule has 0 unspecified atom stereocenters. The van der Waals surface area contributed by atoms with Crippen molar-refractivity contribution in [3.8, 4) is 0 Å². The van der Waals surface area contributed by atoms with Crippen LogP contribution in [0.25, 0.3) is 0 Å². The Morgan fingerprint density at radius 1 is 1.35 bits per heavy atom. The van der Waals surface area contributed by atoms with Crippen LogP contribution in [-0.2, 0) is 13.1 Å². The summed E-state index contributed by atoms with van der Waals surface area (Å²) < 4.78 is 0. The highest BCUT2D eigenvalue weighted by Crippen LogP contribution is 2.11. The van der Waals surface area contributed by atoms with Gasteiger partial charge < -0.3 is 10.6 Å². The van der Waals surface area contributed by atoms with Gasteiger partial charge in [-0.3, -0.25) is 4.90 Å². The van der Waals surface area contributed by atoms with Crippen molar-refractivity contribution in [3.05, 3.63) is 16.1 Å². The lowest BCUT2D eigenvalue weighted by molar-refractivity contribution is 0.257. The van der Waals surface area contributed by atoms with Gasteiger partial charge in [-0.1, -0.05) is 6.92 Å². The molecular weight excluding hydrogens is 232 g/mol. The first kappa shape index (κ1) is 14.6. The lowest BCUT2D eigenvalue weighted by atomic mass is 10.3. The summed E-state index contributed by atoms with van der Waals surface area (Å²) in [4.78, 5) is 9.16. The van der Waals surface area contributed by atoms with E-state index in [-0.39, 0.29) is 0 Å². The molecule has 0 saturated heterocycles. The van der Waals surface area contributed by atoms with E-state index in [1.165, 1.54) is 6.42 Å². The second-order valence-corrected chi connectivity index (χ2v) is 5.40. The molecule has 0 aliphatic carbocycles. The van der Waals surface area contributed by atoms with E-state index in [0.717, 1.165) is 36.9 Å². The Bertz CT molecular complexity index is 311. The van der Waals surface area contributed by atoms with Crippen molar-refractivity contribution < 1.29 is 0 Å². The van der Waals surface area contributed by atoms with E-state index in [4.69, 9.17) is 5.73 Å². The Morgan fingerprint density at radius 2 is 2.12 bits per heavy atom. The van der Waals surface area contributed by atoms with Gasteiger partial charge in [0.1, 0.15) is 5.01 Å². The van der Waals surface area contributed by atoms with Gasteiger partial charge in [0.15, 0.2) is 0 Å². The van der Waals surface area contributed by atoms with Crippen molar-refractivity contribution in [2.45, 2.75) is 26.4 Å². The van der Waals surface area contributed by atoms with E-state index in [9.17, 15) is 0 Å². The van der Waals surface area contributed by atoms with Crippen LogP contribution in [0.15, 0.2) is 5.38 Å². The molecule has 2 N–H and O–H groups in total. The molecule has 0 atom stereocenters. The Balaban J connectivity index is 2.35. The maximum Gasteiger partial charge on any atom is 0.106 e. The number of nitrogens with two attached hydrogens (primary N) is 1. The zero-order valence-electron chi connectivity index (χ0n) is 11.1. The summed E-state index contributed by atoms with van der Waals surface area (Å²) in [7, 11) is 4.23. The van der Waals surface area contributed by atoms with Crippen LogP contribution in [0.4, 0.5) is 0 Å². The number of thiazole rings is 1. The number of hydrogen-bond acceptors (Lipinski definition) is 5. The normalized spacial score (nSPS) is 11.6. The molecule has 0 fully saturated rings. The van der Waals surface area contributed by atoms with Crippen LogP contribution in [0.3, 0.4) is 0 Å². The van der Waals surface area contributed by atoms with Crippen LogP contribution in [0.1, 0.15) is 24.0 Å². The standard InChI is InChI=1S/C12H24N4S/c1-4-16(7-5-6-15(2)3)9-11-10-17-12(8-13)14-11/h10H,4-9,13H2,1-3H3. The zero-order chi connectivity index (χ0) is 12.7. The van der Waals surface area contributed by atoms with Gasteiger partial charge in [-0.2, -0.15) is 0 Å². The van der Waals surface area contributed by atoms with Crippen LogP contribution in [0.2, 0.25) is 0 Å². The maximum atomic E-state index is 5.57. The fourth-order valence-corrected chi connectivity index (χ4v) is 2.37. The minimum Gasteiger partial charge on any atom is -0.325 e. The third-order valence-corrected chi connectivity index (χ3v) is 3.61. The highest BCUT2D eigenvalue weighted by molar-refractivity contribution is 7.09. The van der Waals surface area contributed by atoms with Crippen molar-refractivity contribution in [3.63, 3.8) is 0 Å². The summed E-state index contributed by atoms with van der Waals surface area (Å²) in [5.74, 6) is 0. The third-order valence-electron chi connectivity index (χ3n) is 2.69. The molecule has 1 aromatic heterocycles. The summed E-state index contributed by atoms with van der Waals surface area (Å²) in [5, 5.41) is 3.15. The molecule has 0 aromatic carbocycles. The van der Waals surface area contributed by atoms with Crippen molar-refractivity contribution in [1.82, 2.24) is 14.8 Å². The SMILES string of the molecule is CCN(CCCN(C)C)Cc1csc(CN)n1. The number of rotatable bonds is 8. The lowest BCUT2D eigenvalue weighted by Gasteiger charge is -2.20. The Labute approximate surface area is 108 Å². The smallest absolute Gasteiger partial charge is 0.106 e. The van der Waals surface area contributed by atoms with Crippen LogP contribution in [-0.4, -0.2) is 48.5 Å². The van der Waals surface area contributed by atoms with E-state index in [1.807, 2.05) is 0 Å². The first-order valence-corrected chi connectivity index (χ1v) is 7.04. The molecular formula is C12H24N4S. The minimum atomic E-state index is 0.553. The molecule has 0 saturated carbocycles. The van der Waals surface area contributed by atoms with Crippen LogP contribution in [0.5, 0.6) is 0 Å². The first-order chi connectivity index (χ1) is 8.15. The molecule has 0 amide bonds. The van der Waals surface area contributed by atoms with Crippen LogP contribution < -0.4 is 5.73 Å². The van der Waals surface area contributed by atoms with Crippen molar-refractivity contribution in [2.24, 2.45) is 5.73 Å². The summed E-state index contributed by atoms with van der Waals surface area (Å²) in [6.45, 7) is 7.04. The second kappa shape index (κ2) is 7.76. The van der Waals surface area contributed by atoms with E-state index >= 15 is 0 Å². The molecule has 1 heterocycles. The molecule has 0 radical (unpaired) electrons. The van der Waals surface area contributed by atoms with Crippen LogP contribution in [0, 0.1) is 0 Å². The van der Waals surface area contributed by atoms with Gasteiger partial charge in [-0.15, -0.1) is 11.3 Å². The van der Waals surface area contributed by atoms with Crippen molar-refractivity contribution in [2.75, 3.05) is 33.7 Å². The molecule has 0 aliphatic rings. The fourth-order valence-electron chi connectivity index (χ4n) is 1.70. The lowest BCUT2D eigenvalue weighted by Crippen LogP contribution is -2.27. The zero-order valence-corrected chi connectivity index (χ0v) is 12.0. The number of nitrogens with zero attached hydrogens (tertiary/aromatic N) is 3. The second-order valence-electron chi connectivity index (χ2n) is 4.46. The summed E-state index contributed by atoms with van der Waals surface area (Å²) in [6, 6.07) is 0. The largest absolute Gasteiger partial charge is 0.325 e. The Morgan fingerprint density at radius 3 is 2.65 bits per heavy atom. The van der Waals surface area contributed by atoms with Gasteiger partial charge in [0.2, 0.25) is 0 Å². The monoisotopic (exact) mass is 256 g/mol. The number of aromatic nitrogens is 1. The topological polar surface area (TPSA) is 45.4 Å². The van der Waals surface area contributed by atoms with E-state index < -0.39 is 0 Å². The fraction of sp³-hybridized carbons (Fsp3) is 0.750. The maximum absolute atomic E-state index is 5.57. The van der Waals surface area contributed by atoms with Gasteiger partial charge >= 0.3 is 0 Å². The average molecular weight is 256 g/mol. The van der Waals surface area contributed by atoms with Crippen molar-refractivity contribution >= 4 is 11.3 Å². The number of hydrogen-bond donors (Lipinski definition) is 1. The molecule has 5 heteroatoms. The molecule has 0 aliphatic heterocycles. The summed E-state index contributed by atoms with van der Waals surface area (Å²) in [5.41, 5.74) is 6.72. The molecule has 98 valence electrons. The summed E-state index contributed by atoms with van der Waals surface area (Å²) in [6.07, 6.45) is 1.20. The minimum absolute atomic E-state index is 0.553. The van der Waals surface area contributed by atoms with E-state index in [1.54, 1.807) is 11.3 Å². The van der Waals surface area contributed by atoms with E-state index in [2.05, 4.69) is 41.2 Å². The average Bonchev–Trinajstić information content (AvgIpc) is 2.75. The Kier molecular flexibility index (Phi) is 6.65.